The number of ether oxygens (including phenoxy) is 1. The van der Waals surface area contributed by atoms with Crippen LogP contribution in [-0.4, -0.2) is 31.5 Å². The molecule has 0 atom stereocenters. The second kappa shape index (κ2) is 8.90. The molecule has 0 saturated heterocycles. The lowest BCUT2D eigenvalue weighted by Gasteiger charge is -2.07. The van der Waals surface area contributed by atoms with Gasteiger partial charge < -0.3 is 15.2 Å². The van der Waals surface area contributed by atoms with Crippen molar-refractivity contribution in [3.8, 4) is 6.07 Å². The molecule has 5 heteroatoms. The molecule has 1 aromatic carbocycles. The van der Waals surface area contributed by atoms with E-state index >= 15 is 0 Å². The monoisotopic (exact) mass is 268 g/mol. The Kier molecular flexibility index (Phi) is 7.38. The van der Waals surface area contributed by atoms with Crippen LogP contribution in [0.3, 0.4) is 0 Å². The highest BCUT2D eigenvalue weighted by molar-refractivity contribution is 6.31. The Morgan fingerprint density at radius 1 is 1.39 bits per heavy atom. The molecular weight excluding hydrogens is 252 g/mol. The molecule has 0 heterocycles. The quantitative estimate of drug-likeness (QED) is 0.705. The number of aliphatic hydroxyl groups excluding tert-OH is 1. The second-order valence-corrected chi connectivity index (χ2v) is 4.19. The van der Waals surface area contributed by atoms with Gasteiger partial charge >= 0.3 is 0 Å². The van der Waals surface area contributed by atoms with Crippen molar-refractivity contribution < 1.29 is 9.84 Å². The van der Waals surface area contributed by atoms with Crippen LogP contribution in [0, 0.1) is 11.3 Å². The Bertz CT molecular complexity index is 404. The fraction of sp³-hybridized carbons (Fsp3) is 0.462. The number of nitrogens with zero attached hydrogens (tertiary/aromatic N) is 1. The molecule has 18 heavy (non-hydrogen) atoms. The van der Waals surface area contributed by atoms with Crippen LogP contribution in [0.5, 0.6) is 0 Å². The first-order chi connectivity index (χ1) is 8.77. The number of nitriles is 1. The van der Waals surface area contributed by atoms with Crippen molar-refractivity contribution in [3.05, 3.63) is 34.3 Å². The van der Waals surface area contributed by atoms with E-state index in [0.717, 1.165) is 18.5 Å². The molecule has 0 aromatic heterocycles. The van der Waals surface area contributed by atoms with E-state index in [9.17, 15) is 0 Å². The topological polar surface area (TPSA) is 65.3 Å². The molecule has 0 amide bonds. The van der Waals surface area contributed by atoms with E-state index in [1.54, 1.807) is 12.1 Å². The van der Waals surface area contributed by atoms with E-state index in [2.05, 4.69) is 5.32 Å². The number of nitrogens with one attached hydrogen (secondary N) is 1. The molecule has 2 N–H and O–H groups in total. The maximum atomic E-state index is 8.71. The van der Waals surface area contributed by atoms with E-state index in [1.165, 1.54) is 0 Å². The molecule has 1 rings (SSSR count). The summed E-state index contributed by atoms with van der Waals surface area (Å²) in [6.45, 7) is 2.58. The minimum Gasteiger partial charge on any atom is -0.394 e. The summed E-state index contributed by atoms with van der Waals surface area (Å²) >= 11 is 6.05. The molecule has 0 aliphatic heterocycles. The molecule has 0 bridgehead atoms. The van der Waals surface area contributed by atoms with Gasteiger partial charge in [-0.05, 0) is 30.7 Å². The summed E-state index contributed by atoms with van der Waals surface area (Å²) in [7, 11) is 0. The van der Waals surface area contributed by atoms with Crippen molar-refractivity contribution in [1.82, 2.24) is 5.32 Å². The van der Waals surface area contributed by atoms with Crippen molar-refractivity contribution in [2.24, 2.45) is 0 Å². The zero-order valence-corrected chi connectivity index (χ0v) is 10.9. The van der Waals surface area contributed by atoms with E-state index < -0.39 is 0 Å². The van der Waals surface area contributed by atoms with Gasteiger partial charge in [-0.15, -0.1) is 0 Å². The molecule has 0 fully saturated rings. The molecule has 1 aromatic rings. The van der Waals surface area contributed by atoms with Crippen LogP contribution in [0.2, 0.25) is 5.02 Å². The average molecular weight is 269 g/mol. The molecule has 0 spiro atoms. The third-order valence-electron chi connectivity index (χ3n) is 2.38. The van der Waals surface area contributed by atoms with Gasteiger partial charge in [0.15, 0.2) is 0 Å². The van der Waals surface area contributed by atoms with Crippen molar-refractivity contribution in [2.45, 2.75) is 13.0 Å². The summed E-state index contributed by atoms with van der Waals surface area (Å²) in [6.07, 6.45) is 0.883. The lowest BCUT2D eigenvalue weighted by molar-refractivity contribution is 0.0907. The maximum absolute atomic E-state index is 8.71. The van der Waals surface area contributed by atoms with Crippen molar-refractivity contribution in [1.29, 1.82) is 5.26 Å². The molecule has 0 aliphatic rings. The van der Waals surface area contributed by atoms with Gasteiger partial charge in [0.2, 0.25) is 0 Å². The van der Waals surface area contributed by atoms with Gasteiger partial charge in [0.1, 0.15) is 0 Å². The smallest absolute Gasteiger partial charge is 0.0992 e. The molecule has 98 valence electrons. The zero-order chi connectivity index (χ0) is 13.2. The summed E-state index contributed by atoms with van der Waals surface area (Å²) in [5.41, 5.74) is 1.55. The number of aliphatic hydroxyl groups is 1. The van der Waals surface area contributed by atoms with E-state index in [4.69, 9.17) is 26.7 Å². The molecular formula is C13H17ClN2O2. The van der Waals surface area contributed by atoms with Crippen LogP contribution in [0.1, 0.15) is 17.5 Å². The minimum absolute atomic E-state index is 0.0638. The molecule has 4 nitrogen and oxygen atoms in total. The van der Waals surface area contributed by atoms with Crippen LogP contribution in [0.4, 0.5) is 0 Å². The van der Waals surface area contributed by atoms with Crippen molar-refractivity contribution in [3.63, 3.8) is 0 Å². The summed E-state index contributed by atoms with van der Waals surface area (Å²) in [6, 6.07) is 7.33. The van der Waals surface area contributed by atoms with Gasteiger partial charge in [-0.2, -0.15) is 5.26 Å². The van der Waals surface area contributed by atoms with E-state index in [0.29, 0.717) is 30.3 Å². The summed E-state index contributed by atoms with van der Waals surface area (Å²) in [5, 5.41) is 21.1. The number of halogens is 1. The summed E-state index contributed by atoms with van der Waals surface area (Å²) < 4.78 is 5.14. The lowest BCUT2D eigenvalue weighted by Crippen LogP contribution is -2.17. The van der Waals surface area contributed by atoms with Gasteiger partial charge in [-0.1, -0.05) is 17.7 Å². The Morgan fingerprint density at radius 2 is 2.22 bits per heavy atom. The van der Waals surface area contributed by atoms with Gasteiger partial charge in [-0.3, -0.25) is 0 Å². The average Bonchev–Trinajstić information content (AvgIpc) is 2.39. The first kappa shape index (κ1) is 14.9. The predicted octanol–water partition coefficient (Wildman–Crippen LogP) is 1.70. The Morgan fingerprint density at radius 3 is 2.89 bits per heavy atom. The van der Waals surface area contributed by atoms with Gasteiger partial charge in [0, 0.05) is 18.2 Å². The highest BCUT2D eigenvalue weighted by Gasteiger charge is 2.01. The third-order valence-corrected chi connectivity index (χ3v) is 2.73. The van der Waals surface area contributed by atoms with Crippen LogP contribution in [0.25, 0.3) is 0 Å². The van der Waals surface area contributed by atoms with E-state index in [-0.39, 0.29) is 6.61 Å². The highest BCUT2D eigenvalue weighted by Crippen LogP contribution is 2.17. The van der Waals surface area contributed by atoms with Crippen LogP contribution < -0.4 is 5.32 Å². The lowest BCUT2D eigenvalue weighted by atomic mass is 10.1. The highest BCUT2D eigenvalue weighted by atomic mass is 35.5. The SMILES string of the molecule is N#Cc1ccc(CNCCCOCCO)c(Cl)c1. The van der Waals surface area contributed by atoms with Crippen molar-refractivity contribution >= 4 is 11.6 Å². The summed E-state index contributed by atoms with van der Waals surface area (Å²) in [4.78, 5) is 0. The number of rotatable bonds is 8. The molecule has 0 saturated carbocycles. The molecule has 0 unspecified atom stereocenters. The van der Waals surface area contributed by atoms with Crippen LogP contribution in [-0.2, 0) is 11.3 Å². The van der Waals surface area contributed by atoms with Gasteiger partial charge in [0.25, 0.3) is 0 Å². The van der Waals surface area contributed by atoms with Crippen LogP contribution in [0.15, 0.2) is 18.2 Å². The fourth-order valence-electron chi connectivity index (χ4n) is 1.45. The Hall–Kier alpha value is -1.12. The standard InChI is InChI=1S/C13H17ClN2O2/c14-13-8-11(9-15)2-3-12(13)10-16-4-1-6-18-7-5-17/h2-3,8,16-17H,1,4-7,10H2. The number of benzene rings is 1. The normalized spacial score (nSPS) is 10.3. The first-order valence-electron chi connectivity index (χ1n) is 5.85. The van der Waals surface area contributed by atoms with Crippen LogP contribution >= 0.6 is 11.6 Å². The fourth-order valence-corrected chi connectivity index (χ4v) is 1.70. The minimum atomic E-state index is 0.0638. The Balaban J connectivity index is 2.21. The van der Waals surface area contributed by atoms with E-state index in [1.807, 2.05) is 12.1 Å². The molecule has 0 aliphatic carbocycles. The Labute approximate surface area is 112 Å². The largest absolute Gasteiger partial charge is 0.394 e. The predicted molar refractivity (Wildman–Crippen MR) is 70.4 cm³/mol. The zero-order valence-electron chi connectivity index (χ0n) is 10.2. The van der Waals surface area contributed by atoms with Crippen molar-refractivity contribution in [2.75, 3.05) is 26.4 Å². The second-order valence-electron chi connectivity index (χ2n) is 3.78. The third kappa shape index (κ3) is 5.48. The maximum Gasteiger partial charge on any atom is 0.0992 e. The first-order valence-corrected chi connectivity index (χ1v) is 6.23. The summed E-state index contributed by atoms with van der Waals surface area (Å²) in [5.74, 6) is 0. The number of hydrogen-bond acceptors (Lipinski definition) is 4. The van der Waals surface area contributed by atoms with Gasteiger partial charge in [-0.25, -0.2) is 0 Å². The molecule has 0 radical (unpaired) electrons. The van der Waals surface area contributed by atoms with Gasteiger partial charge in [0.05, 0.1) is 24.8 Å². The number of hydrogen-bond donors (Lipinski definition) is 2.